The summed E-state index contributed by atoms with van der Waals surface area (Å²) in [6, 6.07) is 11.1. The zero-order valence-corrected chi connectivity index (χ0v) is 14.3. The Kier molecular flexibility index (Phi) is 4.31. The fourth-order valence-electron chi connectivity index (χ4n) is 2.66. The average Bonchev–Trinajstić information content (AvgIpc) is 3.32. The average molecular weight is 355 g/mol. The van der Waals surface area contributed by atoms with Gasteiger partial charge in [-0.2, -0.15) is 0 Å². The Hall–Kier alpha value is -2.54. The van der Waals surface area contributed by atoms with Crippen molar-refractivity contribution in [2.75, 3.05) is 5.75 Å². The van der Waals surface area contributed by atoms with Crippen LogP contribution in [-0.2, 0) is 11.3 Å². The summed E-state index contributed by atoms with van der Waals surface area (Å²) in [7, 11) is 0. The second-order valence-corrected chi connectivity index (χ2v) is 6.91. The zero-order valence-electron chi connectivity index (χ0n) is 13.5. The Morgan fingerprint density at radius 3 is 2.88 bits per heavy atom. The summed E-state index contributed by atoms with van der Waals surface area (Å²) >= 11 is 1.30. The van der Waals surface area contributed by atoms with Crippen LogP contribution in [0.5, 0.6) is 0 Å². The van der Waals surface area contributed by atoms with E-state index in [1.807, 2.05) is 24.3 Å². The van der Waals surface area contributed by atoms with Crippen LogP contribution >= 0.6 is 11.8 Å². The number of amides is 1. The first kappa shape index (κ1) is 16.0. The molecule has 2 heterocycles. The summed E-state index contributed by atoms with van der Waals surface area (Å²) < 4.78 is 6.93. The molecule has 7 heteroatoms. The molecule has 4 rings (SSSR count). The molecule has 1 N–H and O–H groups in total. The molecule has 6 nitrogen and oxygen atoms in total. The molecule has 0 saturated heterocycles. The summed E-state index contributed by atoms with van der Waals surface area (Å²) in [5, 5.41) is 4.04. The van der Waals surface area contributed by atoms with Crippen LogP contribution in [0.3, 0.4) is 0 Å². The van der Waals surface area contributed by atoms with Gasteiger partial charge in [0.15, 0.2) is 5.16 Å². The number of thioether (sulfide) groups is 1. The van der Waals surface area contributed by atoms with E-state index in [0.717, 1.165) is 12.8 Å². The maximum atomic E-state index is 12.8. The van der Waals surface area contributed by atoms with Crippen molar-refractivity contribution in [3.8, 4) is 0 Å². The number of carbonyl (C=O) groups is 1. The van der Waals surface area contributed by atoms with E-state index in [2.05, 4.69) is 10.3 Å². The molecule has 0 aliphatic heterocycles. The molecule has 1 fully saturated rings. The summed E-state index contributed by atoms with van der Waals surface area (Å²) in [6.45, 7) is 0.354. The molecule has 0 atom stereocenters. The third-order valence-corrected chi connectivity index (χ3v) is 5.01. The van der Waals surface area contributed by atoms with Crippen LogP contribution < -0.4 is 10.9 Å². The van der Waals surface area contributed by atoms with E-state index in [1.165, 1.54) is 11.8 Å². The predicted octanol–water partition coefficient (Wildman–Crippen LogP) is 2.73. The van der Waals surface area contributed by atoms with Gasteiger partial charge >= 0.3 is 0 Å². The number of fused-ring (bicyclic) bond motifs is 1. The minimum atomic E-state index is -0.119. The number of aromatic nitrogens is 2. The molecule has 0 spiro atoms. The lowest BCUT2D eigenvalue weighted by Gasteiger charge is -2.12. The van der Waals surface area contributed by atoms with Crippen LogP contribution in [0.25, 0.3) is 10.9 Å². The van der Waals surface area contributed by atoms with Crippen molar-refractivity contribution in [3.05, 3.63) is 58.8 Å². The molecule has 25 heavy (non-hydrogen) atoms. The van der Waals surface area contributed by atoms with Crippen molar-refractivity contribution in [2.24, 2.45) is 0 Å². The Balaban J connectivity index is 1.51. The largest absolute Gasteiger partial charge is 0.467 e. The highest BCUT2D eigenvalue weighted by molar-refractivity contribution is 7.99. The number of carbonyl (C=O) groups excluding carboxylic acids is 1. The zero-order chi connectivity index (χ0) is 17.2. The van der Waals surface area contributed by atoms with E-state index in [0.29, 0.717) is 28.4 Å². The number of para-hydroxylation sites is 1. The van der Waals surface area contributed by atoms with Gasteiger partial charge in [-0.3, -0.25) is 14.2 Å². The molecule has 1 aliphatic rings. The molecule has 1 aliphatic carbocycles. The van der Waals surface area contributed by atoms with E-state index >= 15 is 0 Å². The van der Waals surface area contributed by atoms with Gasteiger partial charge in [-0.05, 0) is 37.1 Å². The van der Waals surface area contributed by atoms with Gasteiger partial charge in [0.05, 0.1) is 29.5 Å². The monoisotopic (exact) mass is 355 g/mol. The first-order valence-electron chi connectivity index (χ1n) is 8.15. The van der Waals surface area contributed by atoms with E-state index in [9.17, 15) is 9.59 Å². The molecule has 3 aromatic rings. The lowest BCUT2D eigenvalue weighted by molar-refractivity contribution is -0.118. The fourth-order valence-corrected chi connectivity index (χ4v) is 3.56. The topological polar surface area (TPSA) is 77.1 Å². The van der Waals surface area contributed by atoms with Gasteiger partial charge in [0.1, 0.15) is 5.76 Å². The Bertz CT molecular complexity index is 961. The summed E-state index contributed by atoms with van der Waals surface area (Å²) in [4.78, 5) is 29.4. The van der Waals surface area contributed by atoms with Gasteiger partial charge in [-0.1, -0.05) is 23.9 Å². The fraction of sp³-hybridized carbons (Fsp3) is 0.278. The number of nitrogens with one attached hydrogen (secondary N) is 1. The van der Waals surface area contributed by atoms with Gasteiger partial charge in [0, 0.05) is 6.04 Å². The van der Waals surface area contributed by atoms with Crippen LogP contribution in [0.1, 0.15) is 24.6 Å². The second-order valence-electron chi connectivity index (χ2n) is 5.96. The maximum absolute atomic E-state index is 12.8. The van der Waals surface area contributed by atoms with Crippen molar-refractivity contribution in [1.82, 2.24) is 14.9 Å². The minimum Gasteiger partial charge on any atom is -0.467 e. The Morgan fingerprint density at radius 2 is 2.12 bits per heavy atom. The van der Waals surface area contributed by atoms with Gasteiger partial charge in [0.2, 0.25) is 5.91 Å². The van der Waals surface area contributed by atoms with Crippen molar-refractivity contribution in [3.63, 3.8) is 0 Å². The van der Waals surface area contributed by atoms with E-state index in [4.69, 9.17) is 4.42 Å². The summed E-state index contributed by atoms with van der Waals surface area (Å²) in [5.74, 6) is 0.793. The Labute approximate surface area is 148 Å². The van der Waals surface area contributed by atoms with Gasteiger partial charge in [0.25, 0.3) is 5.56 Å². The standard InChI is InChI=1S/C18H17N3O3S/c22-16(19-10-13-4-3-9-24-13)11-25-18-20-15-6-2-1-5-14(15)17(23)21(18)12-7-8-12/h1-6,9,12H,7-8,10-11H2,(H,19,22). The van der Waals surface area contributed by atoms with Gasteiger partial charge in [-0.25, -0.2) is 4.98 Å². The lowest BCUT2D eigenvalue weighted by atomic mass is 10.2. The second kappa shape index (κ2) is 6.76. The van der Waals surface area contributed by atoms with Crippen molar-refractivity contribution < 1.29 is 9.21 Å². The molecule has 1 saturated carbocycles. The highest BCUT2D eigenvalue weighted by Crippen LogP contribution is 2.36. The quantitative estimate of drug-likeness (QED) is 0.543. The third kappa shape index (κ3) is 3.46. The molecule has 0 bridgehead atoms. The molecule has 2 aromatic heterocycles. The third-order valence-electron chi connectivity index (χ3n) is 4.06. The highest BCUT2D eigenvalue weighted by atomic mass is 32.2. The predicted molar refractivity (Wildman–Crippen MR) is 95.6 cm³/mol. The number of benzene rings is 1. The Morgan fingerprint density at radius 1 is 1.28 bits per heavy atom. The van der Waals surface area contributed by atoms with Gasteiger partial charge < -0.3 is 9.73 Å². The van der Waals surface area contributed by atoms with Crippen LogP contribution in [-0.4, -0.2) is 21.2 Å². The van der Waals surface area contributed by atoms with Gasteiger partial charge in [-0.15, -0.1) is 0 Å². The van der Waals surface area contributed by atoms with Crippen LogP contribution in [0.2, 0.25) is 0 Å². The summed E-state index contributed by atoms with van der Waals surface area (Å²) in [6.07, 6.45) is 3.54. The molecule has 128 valence electrons. The number of hydrogen-bond donors (Lipinski definition) is 1. The lowest BCUT2D eigenvalue weighted by Crippen LogP contribution is -2.26. The van der Waals surface area contributed by atoms with Crippen molar-refractivity contribution in [1.29, 1.82) is 0 Å². The summed E-state index contributed by atoms with van der Waals surface area (Å²) in [5.41, 5.74) is 0.648. The first-order valence-corrected chi connectivity index (χ1v) is 9.14. The molecule has 1 aromatic carbocycles. The normalized spacial score (nSPS) is 13.9. The maximum Gasteiger partial charge on any atom is 0.262 e. The van der Waals surface area contributed by atoms with Crippen LogP contribution in [0, 0.1) is 0 Å². The van der Waals surface area contributed by atoms with E-state index in [1.54, 1.807) is 23.0 Å². The molecular weight excluding hydrogens is 338 g/mol. The number of furan rings is 1. The first-order chi connectivity index (χ1) is 12.2. The number of hydrogen-bond acceptors (Lipinski definition) is 5. The van der Waals surface area contributed by atoms with Crippen LogP contribution in [0.4, 0.5) is 0 Å². The molecule has 0 radical (unpaired) electrons. The van der Waals surface area contributed by atoms with E-state index in [-0.39, 0.29) is 23.3 Å². The number of rotatable bonds is 6. The van der Waals surface area contributed by atoms with Crippen LogP contribution in [0.15, 0.2) is 57.0 Å². The SMILES string of the molecule is O=C(CSc1nc2ccccc2c(=O)n1C1CC1)NCc1ccco1. The number of nitrogens with zero attached hydrogens (tertiary/aromatic N) is 2. The van der Waals surface area contributed by atoms with Crippen molar-refractivity contribution in [2.45, 2.75) is 30.6 Å². The molecule has 1 amide bonds. The highest BCUT2D eigenvalue weighted by Gasteiger charge is 2.28. The smallest absolute Gasteiger partial charge is 0.262 e. The molecule has 0 unspecified atom stereocenters. The molecular formula is C18H17N3O3S. The van der Waals surface area contributed by atoms with Crippen molar-refractivity contribution >= 4 is 28.6 Å². The minimum absolute atomic E-state index is 0.0217. The van der Waals surface area contributed by atoms with E-state index < -0.39 is 0 Å².